The molecule has 2 aromatic rings. The Hall–Kier alpha value is -1.81. The fourth-order valence-electron chi connectivity index (χ4n) is 2.37. The minimum Gasteiger partial charge on any atom is -0.384 e. The number of aromatic amines is 1. The first-order valence-corrected chi connectivity index (χ1v) is 5.91. The van der Waals surface area contributed by atoms with Crippen LogP contribution in [-0.4, -0.2) is 21.6 Å². The second-order valence-electron chi connectivity index (χ2n) is 4.51. The van der Waals surface area contributed by atoms with Gasteiger partial charge in [-0.05, 0) is 12.0 Å². The summed E-state index contributed by atoms with van der Waals surface area (Å²) in [5.74, 6) is 0.736. The lowest BCUT2D eigenvalue weighted by atomic mass is 10.1. The smallest absolute Gasteiger partial charge is 0.122 e. The van der Waals surface area contributed by atoms with Gasteiger partial charge in [0.2, 0.25) is 0 Å². The molecule has 0 saturated carbocycles. The standard InChI is InChI=1S/C13H16N4/c14-13-11-6-7-17(9-12(11)15-16-13)8-10-4-2-1-3-5-10/h1-5H,6-9H2,(H3,14,15,16). The lowest BCUT2D eigenvalue weighted by molar-refractivity contribution is 0.242. The Morgan fingerprint density at radius 1 is 1.29 bits per heavy atom. The number of nitrogen functional groups attached to an aromatic ring is 1. The van der Waals surface area contributed by atoms with E-state index in [1.807, 2.05) is 6.07 Å². The molecule has 0 bridgehead atoms. The molecule has 0 atom stereocenters. The van der Waals surface area contributed by atoms with Crippen LogP contribution in [0.2, 0.25) is 0 Å². The van der Waals surface area contributed by atoms with E-state index in [0.29, 0.717) is 0 Å². The van der Waals surface area contributed by atoms with Gasteiger partial charge >= 0.3 is 0 Å². The highest BCUT2D eigenvalue weighted by Gasteiger charge is 2.20. The topological polar surface area (TPSA) is 57.9 Å². The number of H-pyrrole nitrogens is 1. The summed E-state index contributed by atoms with van der Waals surface area (Å²) in [4.78, 5) is 2.40. The Balaban J connectivity index is 1.72. The van der Waals surface area contributed by atoms with Crippen molar-refractivity contribution >= 4 is 5.82 Å². The van der Waals surface area contributed by atoms with Crippen molar-refractivity contribution in [2.75, 3.05) is 12.3 Å². The van der Waals surface area contributed by atoms with Crippen molar-refractivity contribution in [3.05, 3.63) is 47.2 Å². The maximum atomic E-state index is 5.82. The van der Waals surface area contributed by atoms with E-state index in [1.165, 1.54) is 11.1 Å². The van der Waals surface area contributed by atoms with Crippen LogP contribution >= 0.6 is 0 Å². The molecular weight excluding hydrogens is 212 g/mol. The molecule has 0 spiro atoms. The summed E-state index contributed by atoms with van der Waals surface area (Å²) in [6, 6.07) is 10.5. The number of hydrogen-bond donors (Lipinski definition) is 2. The zero-order valence-electron chi connectivity index (χ0n) is 9.69. The molecule has 0 fully saturated rings. The predicted molar refractivity (Wildman–Crippen MR) is 67.3 cm³/mol. The Labute approximate surface area is 100 Å². The van der Waals surface area contributed by atoms with E-state index >= 15 is 0 Å². The average molecular weight is 228 g/mol. The lowest BCUT2D eigenvalue weighted by Gasteiger charge is -2.26. The van der Waals surface area contributed by atoms with Crippen molar-refractivity contribution < 1.29 is 0 Å². The zero-order chi connectivity index (χ0) is 11.7. The van der Waals surface area contributed by atoms with Crippen LogP contribution in [0.1, 0.15) is 16.8 Å². The number of rotatable bonds is 2. The van der Waals surface area contributed by atoms with Crippen LogP contribution in [0, 0.1) is 0 Å². The number of aromatic nitrogens is 2. The maximum Gasteiger partial charge on any atom is 0.122 e. The summed E-state index contributed by atoms with van der Waals surface area (Å²) in [6.07, 6.45) is 0.991. The van der Waals surface area contributed by atoms with Gasteiger partial charge in [0.1, 0.15) is 5.82 Å². The number of hydrogen-bond acceptors (Lipinski definition) is 3. The molecule has 1 aromatic heterocycles. The van der Waals surface area contributed by atoms with Gasteiger partial charge in [-0.1, -0.05) is 30.3 Å². The maximum absolute atomic E-state index is 5.82. The summed E-state index contributed by atoms with van der Waals surface area (Å²) in [5.41, 5.74) is 9.47. The summed E-state index contributed by atoms with van der Waals surface area (Å²) < 4.78 is 0. The van der Waals surface area contributed by atoms with Crippen molar-refractivity contribution in [1.29, 1.82) is 0 Å². The van der Waals surface area contributed by atoms with Gasteiger partial charge in [0.25, 0.3) is 0 Å². The second kappa shape index (κ2) is 4.22. The van der Waals surface area contributed by atoms with Crippen LogP contribution in [0.4, 0.5) is 5.82 Å². The third-order valence-corrected chi connectivity index (χ3v) is 3.29. The number of benzene rings is 1. The van der Waals surface area contributed by atoms with Crippen LogP contribution in [0.25, 0.3) is 0 Å². The molecule has 0 saturated heterocycles. The van der Waals surface area contributed by atoms with E-state index in [4.69, 9.17) is 5.73 Å². The van der Waals surface area contributed by atoms with Crippen LogP contribution in [0.5, 0.6) is 0 Å². The van der Waals surface area contributed by atoms with Gasteiger partial charge in [-0.15, -0.1) is 0 Å². The summed E-state index contributed by atoms with van der Waals surface area (Å²) in [5, 5.41) is 7.12. The Morgan fingerprint density at radius 3 is 2.94 bits per heavy atom. The van der Waals surface area contributed by atoms with E-state index in [2.05, 4.69) is 39.4 Å². The molecule has 1 aliphatic heterocycles. The van der Waals surface area contributed by atoms with Crippen molar-refractivity contribution in [2.24, 2.45) is 0 Å². The van der Waals surface area contributed by atoms with Crippen LogP contribution in [0.15, 0.2) is 30.3 Å². The predicted octanol–water partition coefficient (Wildman–Crippen LogP) is 1.55. The number of nitrogens with two attached hydrogens (primary N) is 1. The van der Waals surface area contributed by atoms with Gasteiger partial charge < -0.3 is 5.73 Å². The molecule has 0 amide bonds. The first kappa shape index (κ1) is 10.4. The van der Waals surface area contributed by atoms with Crippen LogP contribution in [0.3, 0.4) is 0 Å². The molecule has 3 N–H and O–H groups in total. The molecule has 88 valence electrons. The molecule has 4 heteroatoms. The van der Waals surface area contributed by atoms with E-state index in [-0.39, 0.29) is 0 Å². The van der Waals surface area contributed by atoms with E-state index < -0.39 is 0 Å². The van der Waals surface area contributed by atoms with Gasteiger partial charge in [0.05, 0.1) is 5.69 Å². The lowest BCUT2D eigenvalue weighted by Crippen LogP contribution is -2.30. The third-order valence-electron chi connectivity index (χ3n) is 3.29. The Kier molecular flexibility index (Phi) is 2.57. The Bertz CT molecular complexity index is 503. The fourth-order valence-corrected chi connectivity index (χ4v) is 2.37. The largest absolute Gasteiger partial charge is 0.384 e. The molecular formula is C13H16N4. The Morgan fingerprint density at radius 2 is 2.12 bits per heavy atom. The van der Waals surface area contributed by atoms with Crippen LogP contribution < -0.4 is 5.73 Å². The third kappa shape index (κ3) is 2.03. The average Bonchev–Trinajstić information content (AvgIpc) is 2.72. The molecule has 17 heavy (non-hydrogen) atoms. The summed E-state index contributed by atoms with van der Waals surface area (Å²) >= 11 is 0. The monoisotopic (exact) mass is 228 g/mol. The van der Waals surface area contributed by atoms with Crippen molar-refractivity contribution in [1.82, 2.24) is 15.1 Å². The molecule has 1 aliphatic rings. The highest BCUT2D eigenvalue weighted by atomic mass is 15.2. The minimum absolute atomic E-state index is 0.736. The van der Waals surface area contributed by atoms with Crippen molar-refractivity contribution in [3.63, 3.8) is 0 Å². The quantitative estimate of drug-likeness (QED) is 0.820. The SMILES string of the molecule is Nc1[nH]nc2c1CCN(Cc1ccccc1)C2. The normalized spacial score (nSPS) is 15.8. The molecule has 0 radical (unpaired) electrons. The summed E-state index contributed by atoms with van der Waals surface area (Å²) in [7, 11) is 0. The molecule has 2 heterocycles. The second-order valence-corrected chi connectivity index (χ2v) is 4.51. The highest BCUT2D eigenvalue weighted by Crippen LogP contribution is 2.22. The van der Waals surface area contributed by atoms with Crippen molar-refractivity contribution in [2.45, 2.75) is 19.5 Å². The molecule has 3 rings (SSSR count). The fraction of sp³-hybridized carbons (Fsp3) is 0.308. The molecule has 1 aromatic carbocycles. The summed E-state index contributed by atoms with van der Waals surface area (Å²) in [6.45, 7) is 2.91. The number of anilines is 1. The van der Waals surface area contributed by atoms with Crippen LogP contribution in [-0.2, 0) is 19.5 Å². The highest BCUT2D eigenvalue weighted by molar-refractivity contribution is 5.43. The zero-order valence-corrected chi connectivity index (χ0v) is 9.69. The molecule has 0 aliphatic carbocycles. The number of fused-ring (bicyclic) bond motifs is 1. The first-order chi connectivity index (χ1) is 8.33. The first-order valence-electron chi connectivity index (χ1n) is 5.91. The van der Waals surface area contributed by atoms with E-state index in [9.17, 15) is 0 Å². The molecule has 0 unspecified atom stereocenters. The van der Waals surface area contributed by atoms with Gasteiger partial charge in [0.15, 0.2) is 0 Å². The van der Waals surface area contributed by atoms with Gasteiger partial charge in [-0.3, -0.25) is 10.00 Å². The van der Waals surface area contributed by atoms with E-state index in [0.717, 1.165) is 37.6 Å². The van der Waals surface area contributed by atoms with Gasteiger partial charge in [-0.2, -0.15) is 5.10 Å². The number of nitrogens with zero attached hydrogens (tertiary/aromatic N) is 2. The van der Waals surface area contributed by atoms with Gasteiger partial charge in [0, 0.05) is 25.2 Å². The minimum atomic E-state index is 0.736. The number of nitrogens with one attached hydrogen (secondary N) is 1. The van der Waals surface area contributed by atoms with Crippen molar-refractivity contribution in [3.8, 4) is 0 Å². The van der Waals surface area contributed by atoms with Gasteiger partial charge in [-0.25, -0.2) is 0 Å². The molecule has 4 nitrogen and oxygen atoms in total. The van der Waals surface area contributed by atoms with E-state index in [1.54, 1.807) is 0 Å².